The molecule has 2 aromatic carbocycles. The maximum Gasteiger partial charge on any atom is 0.251 e. The summed E-state index contributed by atoms with van der Waals surface area (Å²) in [6, 6.07) is 19.0. The van der Waals surface area contributed by atoms with Crippen molar-refractivity contribution in [2.75, 3.05) is 24.5 Å². The van der Waals surface area contributed by atoms with E-state index < -0.39 is 18.3 Å². The zero-order chi connectivity index (χ0) is 31.4. The maximum atomic E-state index is 14.1. The summed E-state index contributed by atoms with van der Waals surface area (Å²) >= 11 is 6.35. The van der Waals surface area contributed by atoms with E-state index in [1.54, 1.807) is 6.07 Å². The molecule has 3 heterocycles. The van der Waals surface area contributed by atoms with Gasteiger partial charge in [0.25, 0.3) is 5.91 Å². The molecule has 9 heteroatoms. The molecule has 7 nitrogen and oxygen atoms in total. The van der Waals surface area contributed by atoms with Gasteiger partial charge in [0.2, 0.25) is 0 Å². The fourth-order valence-corrected chi connectivity index (χ4v) is 7.37. The lowest BCUT2D eigenvalue weighted by molar-refractivity contribution is 0.0326. The quantitative estimate of drug-likeness (QED) is 0.225. The van der Waals surface area contributed by atoms with E-state index in [4.69, 9.17) is 16.3 Å². The lowest BCUT2D eigenvalue weighted by Crippen LogP contribution is -2.50. The fourth-order valence-electron chi connectivity index (χ4n) is 7.17. The second-order valence-corrected chi connectivity index (χ2v) is 13.3. The summed E-state index contributed by atoms with van der Waals surface area (Å²) < 4.78 is 20.8. The van der Waals surface area contributed by atoms with Crippen molar-refractivity contribution in [3.05, 3.63) is 88.1 Å². The van der Waals surface area contributed by atoms with Gasteiger partial charge in [0, 0.05) is 36.7 Å². The zero-order valence-corrected chi connectivity index (χ0v) is 26.7. The van der Waals surface area contributed by atoms with Crippen molar-refractivity contribution in [2.45, 2.75) is 94.7 Å². The standard InChI is InChI=1S/C36H44ClFN4O3/c1-2-24-12-13-32-28(17-24)30(21-36(45-32)14-6-7-15-36)39-22-31(43)29(18-25-9-4-3-5-10-25)40-35(44)26-19-33(37)41-34(20-26)42-16-8-11-27(38)23-42/h3-5,9-10,12-13,17,19-20,27,29-31,39,43H,2,6-8,11,14-16,18,21-23H2,1H3,(H,40,44)/t27-,29+,30+,31-/m1/s1. The molecule has 1 saturated carbocycles. The number of fused-ring (bicyclic) bond motifs is 1. The number of alkyl halides is 1. The average molecular weight is 635 g/mol. The predicted octanol–water partition coefficient (Wildman–Crippen LogP) is 6.36. The number of nitrogens with zero attached hydrogens (tertiary/aromatic N) is 2. The van der Waals surface area contributed by atoms with E-state index in [0.29, 0.717) is 43.7 Å². The number of carbonyl (C=O) groups excluding carboxylic acids is 1. The Labute approximate surface area is 270 Å². The summed E-state index contributed by atoms with van der Waals surface area (Å²) in [7, 11) is 0. The lowest BCUT2D eigenvalue weighted by Gasteiger charge is -2.41. The number of hydrogen-bond acceptors (Lipinski definition) is 6. The van der Waals surface area contributed by atoms with E-state index in [2.05, 4.69) is 40.7 Å². The highest BCUT2D eigenvalue weighted by Gasteiger charge is 2.43. The van der Waals surface area contributed by atoms with Gasteiger partial charge in [-0.05, 0) is 80.7 Å². The van der Waals surface area contributed by atoms with Crippen LogP contribution in [0.2, 0.25) is 5.15 Å². The number of aryl methyl sites for hydroxylation is 1. The molecule has 1 aromatic heterocycles. The van der Waals surface area contributed by atoms with Crippen molar-refractivity contribution >= 4 is 23.3 Å². The van der Waals surface area contributed by atoms with Crippen LogP contribution in [-0.2, 0) is 12.8 Å². The number of ether oxygens (including phenoxy) is 1. The number of rotatable bonds is 10. The van der Waals surface area contributed by atoms with Crippen LogP contribution in [-0.4, -0.2) is 59.6 Å². The summed E-state index contributed by atoms with van der Waals surface area (Å²) in [4.78, 5) is 19.9. The van der Waals surface area contributed by atoms with Gasteiger partial charge in [0.15, 0.2) is 0 Å². The van der Waals surface area contributed by atoms with Crippen LogP contribution in [0, 0.1) is 0 Å². The van der Waals surface area contributed by atoms with Crippen LogP contribution >= 0.6 is 11.6 Å². The molecule has 0 bridgehead atoms. The molecule has 6 rings (SSSR count). The number of benzene rings is 2. The van der Waals surface area contributed by atoms with Crippen LogP contribution < -0.4 is 20.3 Å². The van der Waals surface area contributed by atoms with Crippen molar-refractivity contribution in [2.24, 2.45) is 0 Å². The molecule has 3 aromatic rings. The number of hydrogen-bond donors (Lipinski definition) is 3. The molecule has 1 amide bonds. The minimum atomic E-state index is -0.936. The molecule has 240 valence electrons. The first kappa shape index (κ1) is 31.8. The number of aliphatic hydroxyl groups excluding tert-OH is 1. The third-order valence-corrected chi connectivity index (χ3v) is 9.85. The fraction of sp³-hybridized carbons (Fsp3) is 0.500. The van der Waals surface area contributed by atoms with Gasteiger partial charge in [-0.15, -0.1) is 0 Å². The molecular formula is C36H44ClFN4O3. The Hall–Kier alpha value is -3.20. The van der Waals surface area contributed by atoms with Gasteiger partial charge < -0.3 is 25.4 Å². The predicted molar refractivity (Wildman–Crippen MR) is 176 cm³/mol. The molecule has 1 saturated heterocycles. The second-order valence-electron chi connectivity index (χ2n) is 12.9. The van der Waals surface area contributed by atoms with Crippen molar-refractivity contribution in [3.8, 4) is 5.75 Å². The number of carbonyl (C=O) groups is 1. The molecule has 1 aliphatic carbocycles. The summed E-state index contributed by atoms with van der Waals surface area (Å²) in [5.74, 6) is 1.06. The van der Waals surface area contributed by atoms with E-state index in [-0.39, 0.29) is 29.2 Å². The highest BCUT2D eigenvalue weighted by atomic mass is 35.5. The molecule has 2 aliphatic heterocycles. The first-order chi connectivity index (χ1) is 21.8. The van der Waals surface area contributed by atoms with Crippen molar-refractivity contribution in [1.82, 2.24) is 15.6 Å². The Kier molecular flexibility index (Phi) is 9.93. The van der Waals surface area contributed by atoms with E-state index in [1.165, 1.54) is 11.6 Å². The van der Waals surface area contributed by atoms with E-state index in [0.717, 1.165) is 55.4 Å². The van der Waals surface area contributed by atoms with Gasteiger partial charge >= 0.3 is 0 Å². The minimum absolute atomic E-state index is 0.0338. The summed E-state index contributed by atoms with van der Waals surface area (Å²) in [5, 5.41) is 18.6. The SMILES string of the molecule is CCc1ccc2c(c1)[C@@H](NC[C@@H](O)[C@H](Cc1ccccc1)NC(=O)c1cc(Cl)nc(N3CCC[C@@H](F)C3)c1)CC1(CCCC1)O2. The number of nitrogens with one attached hydrogen (secondary N) is 2. The Balaban J connectivity index is 1.20. The number of anilines is 1. The highest BCUT2D eigenvalue weighted by molar-refractivity contribution is 6.30. The topological polar surface area (TPSA) is 86.7 Å². The van der Waals surface area contributed by atoms with E-state index in [1.807, 2.05) is 35.2 Å². The van der Waals surface area contributed by atoms with Crippen LogP contribution in [0.3, 0.4) is 0 Å². The highest BCUT2D eigenvalue weighted by Crippen LogP contribution is 2.47. The molecule has 45 heavy (non-hydrogen) atoms. The second kappa shape index (κ2) is 14.1. The van der Waals surface area contributed by atoms with Gasteiger partial charge in [-0.3, -0.25) is 4.79 Å². The van der Waals surface area contributed by atoms with Crippen LogP contribution in [0.15, 0.2) is 60.7 Å². The Morgan fingerprint density at radius 2 is 1.93 bits per heavy atom. The Morgan fingerprint density at radius 1 is 1.13 bits per heavy atom. The first-order valence-corrected chi connectivity index (χ1v) is 16.8. The average Bonchev–Trinajstić information content (AvgIpc) is 3.50. The smallest absolute Gasteiger partial charge is 0.251 e. The largest absolute Gasteiger partial charge is 0.487 e. The molecule has 0 radical (unpaired) electrons. The number of amides is 1. The summed E-state index contributed by atoms with van der Waals surface area (Å²) in [6.07, 6.45) is 6.07. The third kappa shape index (κ3) is 7.62. The van der Waals surface area contributed by atoms with Gasteiger partial charge in [0.1, 0.15) is 28.5 Å². The van der Waals surface area contributed by atoms with Crippen LogP contribution in [0.4, 0.5) is 10.2 Å². The molecule has 0 unspecified atom stereocenters. The zero-order valence-electron chi connectivity index (χ0n) is 26.0. The number of halogens is 2. The molecule has 2 fully saturated rings. The van der Waals surface area contributed by atoms with Crippen LogP contribution in [0.5, 0.6) is 5.75 Å². The van der Waals surface area contributed by atoms with Gasteiger partial charge in [-0.25, -0.2) is 9.37 Å². The first-order valence-electron chi connectivity index (χ1n) is 16.5. The normalized spacial score (nSPS) is 22.0. The van der Waals surface area contributed by atoms with Crippen LogP contribution in [0.25, 0.3) is 0 Å². The monoisotopic (exact) mass is 634 g/mol. The van der Waals surface area contributed by atoms with E-state index >= 15 is 0 Å². The minimum Gasteiger partial charge on any atom is -0.487 e. The van der Waals surface area contributed by atoms with Gasteiger partial charge in [-0.2, -0.15) is 0 Å². The summed E-state index contributed by atoms with van der Waals surface area (Å²) in [5.41, 5.74) is 3.55. The maximum absolute atomic E-state index is 14.1. The number of piperidine rings is 1. The van der Waals surface area contributed by atoms with Crippen molar-refractivity contribution in [1.29, 1.82) is 0 Å². The van der Waals surface area contributed by atoms with Gasteiger partial charge in [-0.1, -0.05) is 61.0 Å². The molecule has 3 N–H and O–H groups in total. The van der Waals surface area contributed by atoms with Gasteiger partial charge in [0.05, 0.1) is 18.7 Å². The number of aromatic nitrogens is 1. The Bertz CT molecular complexity index is 1470. The summed E-state index contributed by atoms with van der Waals surface area (Å²) in [6.45, 7) is 3.33. The molecule has 4 atom stereocenters. The third-order valence-electron chi connectivity index (χ3n) is 9.66. The number of pyridine rings is 1. The molecule has 1 spiro atoms. The van der Waals surface area contributed by atoms with E-state index in [9.17, 15) is 14.3 Å². The Morgan fingerprint density at radius 3 is 2.69 bits per heavy atom. The van der Waals surface area contributed by atoms with Crippen LogP contribution in [0.1, 0.15) is 85.0 Å². The van der Waals surface area contributed by atoms with Crippen molar-refractivity contribution < 1.29 is 19.0 Å². The number of aliphatic hydroxyl groups is 1. The van der Waals surface area contributed by atoms with Crippen molar-refractivity contribution in [3.63, 3.8) is 0 Å². The lowest BCUT2D eigenvalue weighted by atomic mass is 9.85. The molecular weight excluding hydrogens is 591 g/mol. The molecule has 3 aliphatic rings.